The van der Waals surface area contributed by atoms with Crippen LogP contribution in [0.2, 0.25) is 0 Å². The Labute approximate surface area is 194 Å². The van der Waals surface area contributed by atoms with Gasteiger partial charge < -0.3 is 15.1 Å². The monoisotopic (exact) mass is 475 g/mol. The van der Waals surface area contributed by atoms with E-state index in [1.165, 1.54) is 30.3 Å². The molecule has 1 aromatic heterocycles. The second kappa shape index (κ2) is 10.5. The van der Waals surface area contributed by atoms with Crippen LogP contribution >= 0.6 is 0 Å². The molecule has 180 valence electrons. The van der Waals surface area contributed by atoms with Gasteiger partial charge in [-0.1, -0.05) is 0 Å². The van der Waals surface area contributed by atoms with Gasteiger partial charge in [0.2, 0.25) is 5.91 Å². The molecule has 3 N–H and O–H groups in total. The largest absolute Gasteiger partial charge is 0.493 e. The number of carbonyl (C=O) groups excluding carboxylic acids is 1. The topological polar surface area (TPSA) is 120 Å². The number of hydrogen-bond donors (Lipinski definition) is 2. The van der Waals surface area contributed by atoms with E-state index >= 15 is 0 Å². The fraction of sp³-hybridized carbons (Fsp3) is 0.364. The van der Waals surface area contributed by atoms with Crippen molar-refractivity contribution in [3.63, 3.8) is 0 Å². The van der Waals surface area contributed by atoms with Crippen molar-refractivity contribution in [1.29, 1.82) is 5.26 Å². The van der Waals surface area contributed by atoms with Crippen molar-refractivity contribution in [2.75, 3.05) is 44.8 Å². The molecule has 0 bridgehead atoms. The number of benzene rings is 1. The lowest BCUT2D eigenvalue weighted by atomic mass is 10.0. The minimum absolute atomic E-state index is 0.0548. The molecular weight excluding hydrogens is 451 g/mol. The summed E-state index contributed by atoms with van der Waals surface area (Å²) >= 11 is 0. The van der Waals surface area contributed by atoms with E-state index in [0.717, 1.165) is 6.07 Å². The van der Waals surface area contributed by atoms with Gasteiger partial charge in [0.05, 0.1) is 30.1 Å². The van der Waals surface area contributed by atoms with E-state index in [2.05, 4.69) is 22.0 Å². The Bertz CT molecular complexity index is 1110. The summed E-state index contributed by atoms with van der Waals surface area (Å²) in [7, 11) is 1.50. The van der Waals surface area contributed by atoms with Gasteiger partial charge in [0.25, 0.3) is 0 Å². The van der Waals surface area contributed by atoms with E-state index in [9.17, 15) is 23.2 Å². The van der Waals surface area contributed by atoms with Crippen LogP contribution in [0, 0.1) is 11.3 Å². The van der Waals surface area contributed by atoms with Gasteiger partial charge in [-0.3, -0.25) is 14.7 Å². The van der Waals surface area contributed by atoms with Crippen molar-refractivity contribution in [2.24, 2.45) is 10.8 Å². The van der Waals surface area contributed by atoms with Gasteiger partial charge in [0.15, 0.2) is 5.69 Å². The predicted molar refractivity (Wildman–Crippen MR) is 121 cm³/mol. The number of ether oxygens (including phenoxy) is 1. The van der Waals surface area contributed by atoms with Crippen molar-refractivity contribution in [3.8, 4) is 23.1 Å². The zero-order chi connectivity index (χ0) is 24.9. The number of amides is 1. The lowest BCUT2D eigenvalue weighted by molar-refractivity contribution is -0.139. The number of alkyl halides is 3. The molecule has 1 aromatic carbocycles. The molecule has 0 saturated carbocycles. The van der Waals surface area contributed by atoms with E-state index in [4.69, 9.17) is 10.6 Å². The van der Waals surface area contributed by atoms with Crippen molar-refractivity contribution < 1.29 is 22.7 Å². The average molecular weight is 475 g/mol. The summed E-state index contributed by atoms with van der Waals surface area (Å²) in [6.07, 6.45) is -4.22. The number of piperazine rings is 1. The zero-order valence-electron chi connectivity index (χ0n) is 18.5. The SMILES string of the molecule is C=Nc1c(N(C)N)cc(-c2ccc(OCCCN3CCNC(=O)C3)c(C(F)(F)F)c2)nc1C#N. The number of rotatable bonds is 8. The first kappa shape index (κ1) is 24.9. The summed E-state index contributed by atoms with van der Waals surface area (Å²) in [6.45, 7) is 5.49. The quantitative estimate of drug-likeness (QED) is 0.261. The van der Waals surface area contributed by atoms with Crippen LogP contribution < -0.4 is 20.9 Å². The van der Waals surface area contributed by atoms with Gasteiger partial charge in [-0.05, 0) is 37.4 Å². The molecule has 9 nitrogen and oxygen atoms in total. The van der Waals surface area contributed by atoms with E-state index < -0.39 is 11.7 Å². The van der Waals surface area contributed by atoms with Gasteiger partial charge in [0, 0.05) is 32.2 Å². The number of nitriles is 1. The van der Waals surface area contributed by atoms with Gasteiger partial charge in [-0.2, -0.15) is 18.4 Å². The summed E-state index contributed by atoms with van der Waals surface area (Å²) in [4.78, 5) is 21.2. The number of aromatic nitrogens is 1. The molecule has 0 unspecified atom stereocenters. The Morgan fingerprint density at radius 1 is 1.41 bits per heavy atom. The molecule has 1 aliphatic heterocycles. The fourth-order valence-corrected chi connectivity index (χ4v) is 3.56. The maximum absolute atomic E-state index is 13.8. The number of halogens is 3. The van der Waals surface area contributed by atoms with Gasteiger partial charge >= 0.3 is 6.18 Å². The molecule has 1 saturated heterocycles. The summed E-state index contributed by atoms with van der Waals surface area (Å²) in [5, 5.41) is 13.3. The summed E-state index contributed by atoms with van der Waals surface area (Å²) in [5.41, 5.74) is -0.391. The van der Waals surface area contributed by atoms with E-state index in [0.29, 0.717) is 26.1 Å². The van der Waals surface area contributed by atoms with Crippen LogP contribution in [0.4, 0.5) is 24.5 Å². The first-order chi connectivity index (χ1) is 16.1. The van der Waals surface area contributed by atoms with Crippen LogP contribution in [-0.2, 0) is 11.0 Å². The highest BCUT2D eigenvalue weighted by Crippen LogP contribution is 2.40. The molecule has 3 rings (SSSR count). The zero-order valence-corrected chi connectivity index (χ0v) is 18.5. The number of hydrogen-bond acceptors (Lipinski definition) is 8. The van der Waals surface area contributed by atoms with E-state index in [-0.39, 0.29) is 53.1 Å². The molecule has 2 aromatic rings. The second-order valence-electron chi connectivity index (χ2n) is 7.64. The minimum atomic E-state index is -4.68. The van der Waals surface area contributed by atoms with Gasteiger partial charge in [0.1, 0.15) is 17.5 Å². The molecule has 34 heavy (non-hydrogen) atoms. The van der Waals surface area contributed by atoms with Crippen molar-refractivity contribution in [3.05, 3.63) is 35.5 Å². The molecule has 0 atom stereocenters. The molecule has 12 heteroatoms. The number of nitrogens with two attached hydrogens (primary N) is 1. The number of nitrogens with zero attached hydrogens (tertiary/aromatic N) is 5. The van der Waals surface area contributed by atoms with Crippen LogP contribution in [0.5, 0.6) is 5.75 Å². The lowest BCUT2D eigenvalue weighted by Crippen LogP contribution is -2.47. The number of hydrazine groups is 1. The Kier molecular flexibility index (Phi) is 7.70. The number of anilines is 1. The standard InChI is InChI=1S/C22H24F3N7O2/c1-28-21-17(12-26)30-16(11-18(21)31(2)27)14-4-5-19(15(10-14)22(23,24)25)34-9-3-7-32-8-6-29-20(33)13-32/h4-5,10-11H,1,3,6-9,13,27H2,2H3,(H,29,33). The van der Waals surface area contributed by atoms with Crippen LogP contribution in [0.1, 0.15) is 17.7 Å². The lowest BCUT2D eigenvalue weighted by Gasteiger charge is -2.26. The van der Waals surface area contributed by atoms with E-state index in [1.807, 2.05) is 11.0 Å². The van der Waals surface area contributed by atoms with Crippen LogP contribution in [0.25, 0.3) is 11.3 Å². The second-order valence-corrected chi connectivity index (χ2v) is 7.64. The normalized spacial score (nSPS) is 14.3. The highest BCUT2D eigenvalue weighted by Gasteiger charge is 2.35. The van der Waals surface area contributed by atoms with Gasteiger partial charge in [-0.15, -0.1) is 0 Å². The highest BCUT2D eigenvalue weighted by molar-refractivity contribution is 5.79. The fourth-order valence-electron chi connectivity index (χ4n) is 3.56. The molecule has 1 aliphatic rings. The Hall–Kier alpha value is -3.69. The number of nitrogens with one attached hydrogen (secondary N) is 1. The highest BCUT2D eigenvalue weighted by atomic mass is 19.4. The molecule has 1 fully saturated rings. The predicted octanol–water partition coefficient (Wildman–Crippen LogP) is 2.48. The maximum atomic E-state index is 13.8. The van der Waals surface area contributed by atoms with Crippen molar-refractivity contribution >= 4 is 24.0 Å². The molecule has 2 heterocycles. The first-order valence-corrected chi connectivity index (χ1v) is 10.4. The van der Waals surface area contributed by atoms with Gasteiger partial charge in [-0.25, -0.2) is 10.8 Å². The molecule has 0 aliphatic carbocycles. The van der Waals surface area contributed by atoms with Crippen molar-refractivity contribution in [1.82, 2.24) is 15.2 Å². The first-order valence-electron chi connectivity index (χ1n) is 10.4. The Morgan fingerprint density at radius 3 is 2.79 bits per heavy atom. The maximum Gasteiger partial charge on any atom is 0.419 e. The Balaban J connectivity index is 1.84. The third-order valence-corrected chi connectivity index (χ3v) is 5.19. The summed E-state index contributed by atoms with van der Waals surface area (Å²) < 4.78 is 46.9. The molecular formula is C22H24F3N7O2. The third kappa shape index (κ3) is 5.81. The third-order valence-electron chi connectivity index (χ3n) is 5.19. The number of carbonyl (C=O) groups is 1. The molecule has 0 radical (unpaired) electrons. The van der Waals surface area contributed by atoms with Crippen LogP contribution in [0.15, 0.2) is 29.3 Å². The molecule has 1 amide bonds. The molecule has 0 spiro atoms. The van der Waals surface area contributed by atoms with Crippen LogP contribution in [-0.4, -0.2) is 62.3 Å². The van der Waals surface area contributed by atoms with Crippen molar-refractivity contribution in [2.45, 2.75) is 12.6 Å². The number of aliphatic imine (C=N–C) groups is 1. The van der Waals surface area contributed by atoms with Crippen LogP contribution in [0.3, 0.4) is 0 Å². The average Bonchev–Trinajstić information content (AvgIpc) is 2.80. The Morgan fingerprint density at radius 2 is 2.18 bits per heavy atom. The smallest absolute Gasteiger partial charge is 0.419 e. The summed E-state index contributed by atoms with van der Waals surface area (Å²) in [6, 6.07) is 6.90. The summed E-state index contributed by atoms with van der Waals surface area (Å²) in [5.74, 6) is 5.41. The number of pyridine rings is 1. The van der Waals surface area contributed by atoms with E-state index in [1.54, 1.807) is 0 Å². The minimum Gasteiger partial charge on any atom is -0.493 e.